The molecule has 3 heteroatoms. The Balaban J connectivity index is 2.22. The van der Waals surface area contributed by atoms with Gasteiger partial charge in [0.05, 0.1) is 0 Å². The van der Waals surface area contributed by atoms with Crippen molar-refractivity contribution in [3.05, 3.63) is 28.2 Å². The van der Waals surface area contributed by atoms with Crippen LogP contribution >= 0.6 is 15.9 Å². The van der Waals surface area contributed by atoms with Gasteiger partial charge in [-0.05, 0) is 37.0 Å². The SMILES string of the molecule is CC1CCCC(N(C)c2ccc(Br)cc2C=O)C1. The maximum atomic E-state index is 11.2. The van der Waals surface area contributed by atoms with Crippen molar-refractivity contribution in [2.45, 2.75) is 38.6 Å². The molecule has 0 bridgehead atoms. The van der Waals surface area contributed by atoms with E-state index in [-0.39, 0.29) is 0 Å². The maximum absolute atomic E-state index is 11.2. The molecule has 0 amide bonds. The molecule has 1 aromatic rings. The normalized spacial score (nSPS) is 23.7. The molecule has 1 aliphatic carbocycles. The van der Waals surface area contributed by atoms with Crippen LogP contribution in [-0.2, 0) is 0 Å². The van der Waals surface area contributed by atoms with Gasteiger partial charge in [-0.15, -0.1) is 0 Å². The Morgan fingerprint density at radius 2 is 2.17 bits per heavy atom. The lowest BCUT2D eigenvalue weighted by atomic mass is 9.86. The predicted octanol–water partition coefficient (Wildman–Crippen LogP) is 4.28. The molecule has 18 heavy (non-hydrogen) atoms. The number of carbonyl (C=O) groups is 1. The molecule has 1 fully saturated rings. The quantitative estimate of drug-likeness (QED) is 0.777. The minimum atomic E-state index is 0.564. The lowest BCUT2D eigenvalue weighted by molar-refractivity contribution is 0.112. The van der Waals surface area contributed by atoms with Crippen molar-refractivity contribution in [3.8, 4) is 0 Å². The predicted molar refractivity (Wildman–Crippen MR) is 79.4 cm³/mol. The van der Waals surface area contributed by atoms with Gasteiger partial charge in [0.25, 0.3) is 0 Å². The van der Waals surface area contributed by atoms with E-state index in [9.17, 15) is 4.79 Å². The Morgan fingerprint density at radius 3 is 2.83 bits per heavy atom. The molecule has 0 radical (unpaired) electrons. The fourth-order valence-electron chi connectivity index (χ4n) is 2.89. The largest absolute Gasteiger partial charge is 0.371 e. The first kappa shape index (κ1) is 13.6. The second-order valence-corrected chi connectivity index (χ2v) is 6.27. The van der Waals surface area contributed by atoms with E-state index < -0.39 is 0 Å². The lowest BCUT2D eigenvalue weighted by Gasteiger charge is -2.36. The second kappa shape index (κ2) is 5.87. The van der Waals surface area contributed by atoms with Crippen LogP contribution in [0.3, 0.4) is 0 Å². The van der Waals surface area contributed by atoms with Crippen LogP contribution in [-0.4, -0.2) is 19.4 Å². The molecule has 1 saturated carbocycles. The fourth-order valence-corrected chi connectivity index (χ4v) is 3.27. The van der Waals surface area contributed by atoms with Gasteiger partial charge >= 0.3 is 0 Å². The van der Waals surface area contributed by atoms with E-state index in [0.717, 1.165) is 27.9 Å². The van der Waals surface area contributed by atoms with Crippen molar-refractivity contribution < 1.29 is 4.79 Å². The summed E-state index contributed by atoms with van der Waals surface area (Å²) in [6.07, 6.45) is 6.04. The molecule has 2 atom stereocenters. The maximum Gasteiger partial charge on any atom is 0.152 e. The van der Waals surface area contributed by atoms with Crippen molar-refractivity contribution in [2.75, 3.05) is 11.9 Å². The third kappa shape index (κ3) is 2.94. The van der Waals surface area contributed by atoms with Crippen LogP contribution in [0.1, 0.15) is 43.0 Å². The van der Waals surface area contributed by atoms with Gasteiger partial charge in [0.1, 0.15) is 0 Å². The zero-order chi connectivity index (χ0) is 13.1. The third-order valence-corrected chi connectivity index (χ3v) is 4.45. The Labute approximate surface area is 117 Å². The van der Waals surface area contributed by atoms with E-state index in [1.54, 1.807) is 0 Å². The summed E-state index contributed by atoms with van der Waals surface area (Å²) in [6, 6.07) is 6.50. The number of hydrogen-bond donors (Lipinski definition) is 0. The molecule has 0 aromatic heterocycles. The van der Waals surface area contributed by atoms with E-state index >= 15 is 0 Å². The smallest absolute Gasteiger partial charge is 0.152 e. The Morgan fingerprint density at radius 1 is 1.39 bits per heavy atom. The van der Waals surface area contributed by atoms with Gasteiger partial charge in [-0.25, -0.2) is 0 Å². The summed E-state index contributed by atoms with van der Waals surface area (Å²) < 4.78 is 0.957. The van der Waals surface area contributed by atoms with Gasteiger partial charge in [-0.2, -0.15) is 0 Å². The molecule has 2 rings (SSSR count). The number of hydrogen-bond acceptors (Lipinski definition) is 2. The van der Waals surface area contributed by atoms with E-state index in [2.05, 4.69) is 34.8 Å². The molecule has 2 nitrogen and oxygen atoms in total. The summed E-state index contributed by atoms with van der Waals surface area (Å²) in [5, 5.41) is 0. The van der Waals surface area contributed by atoms with Crippen molar-refractivity contribution in [3.63, 3.8) is 0 Å². The topological polar surface area (TPSA) is 20.3 Å². The van der Waals surface area contributed by atoms with Gasteiger partial charge in [-0.3, -0.25) is 4.79 Å². The molecule has 0 spiro atoms. The van der Waals surface area contributed by atoms with E-state index in [1.807, 2.05) is 18.2 Å². The average molecular weight is 310 g/mol. The number of anilines is 1. The van der Waals surface area contributed by atoms with Gasteiger partial charge < -0.3 is 4.90 Å². The highest BCUT2D eigenvalue weighted by atomic mass is 79.9. The highest BCUT2D eigenvalue weighted by Crippen LogP contribution is 2.31. The third-order valence-electron chi connectivity index (χ3n) is 3.95. The molecule has 1 aromatic carbocycles. The van der Waals surface area contributed by atoms with Crippen molar-refractivity contribution in [1.29, 1.82) is 0 Å². The lowest BCUT2D eigenvalue weighted by Crippen LogP contribution is -2.36. The van der Waals surface area contributed by atoms with Gasteiger partial charge in [0.2, 0.25) is 0 Å². The molecule has 98 valence electrons. The molecule has 1 aliphatic rings. The summed E-state index contributed by atoms with van der Waals surface area (Å²) in [4.78, 5) is 13.5. The number of benzene rings is 1. The van der Waals surface area contributed by atoms with Gasteiger partial charge in [0.15, 0.2) is 6.29 Å². The van der Waals surface area contributed by atoms with Crippen molar-refractivity contribution in [2.24, 2.45) is 5.92 Å². The highest BCUT2D eigenvalue weighted by Gasteiger charge is 2.23. The second-order valence-electron chi connectivity index (χ2n) is 5.36. The van der Waals surface area contributed by atoms with Crippen LogP contribution in [0.25, 0.3) is 0 Å². The van der Waals surface area contributed by atoms with Crippen LogP contribution in [0.2, 0.25) is 0 Å². The Bertz CT molecular complexity index is 433. The van der Waals surface area contributed by atoms with Crippen LogP contribution < -0.4 is 4.90 Å². The van der Waals surface area contributed by atoms with E-state index in [1.165, 1.54) is 25.7 Å². The van der Waals surface area contributed by atoms with Crippen LogP contribution in [0.5, 0.6) is 0 Å². The zero-order valence-corrected chi connectivity index (χ0v) is 12.6. The molecule has 0 heterocycles. The molecule has 0 saturated heterocycles. The molecule has 2 unspecified atom stereocenters. The molecular weight excluding hydrogens is 290 g/mol. The van der Waals surface area contributed by atoms with Gasteiger partial charge in [0, 0.05) is 28.8 Å². The highest BCUT2D eigenvalue weighted by molar-refractivity contribution is 9.10. The summed E-state index contributed by atoms with van der Waals surface area (Å²) >= 11 is 3.41. The van der Waals surface area contributed by atoms with E-state index in [0.29, 0.717) is 6.04 Å². The van der Waals surface area contributed by atoms with E-state index in [4.69, 9.17) is 0 Å². The first-order chi connectivity index (χ1) is 8.61. The first-order valence-electron chi connectivity index (χ1n) is 6.59. The van der Waals surface area contributed by atoms with Crippen LogP contribution in [0.15, 0.2) is 22.7 Å². The summed E-state index contributed by atoms with van der Waals surface area (Å²) in [7, 11) is 2.11. The minimum absolute atomic E-state index is 0.564. The Hall–Kier alpha value is -0.830. The first-order valence-corrected chi connectivity index (χ1v) is 7.38. The number of rotatable bonds is 3. The monoisotopic (exact) mass is 309 g/mol. The van der Waals surface area contributed by atoms with Crippen LogP contribution in [0, 0.1) is 5.92 Å². The number of aldehydes is 1. The minimum Gasteiger partial charge on any atom is -0.371 e. The number of nitrogens with zero attached hydrogens (tertiary/aromatic N) is 1. The van der Waals surface area contributed by atoms with Gasteiger partial charge in [-0.1, -0.05) is 35.7 Å². The Kier molecular flexibility index (Phi) is 4.44. The summed E-state index contributed by atoms with van der Waals surface area (Å²) in [5.74, 6) is 0.793. The zero-order valence-electron chi connectivity index (χ0n) is 11.0. The fraction of sp³-hybridized carbons (Fsp3) is 0.533. The van der Waals surface area contributed by atoms with Crippen molar-refractivity contribution >= 4 is 27.9 Å². The van der Waals surface area contributed by atoms with Crippen LogP contribution in [0.4, 0.5) is 5.69 Å². The average Bonchev–Trinajstić information content (AvgIpc) is 2.37. The molecule has 0 N–H and O–H groups in total. The van der Waals surface area contributed by atoms with Crippen molar-refractivity contribution in [1.82, 2.24) is 0 Å². The standard InChI is InChI=1S/C15H20BrNO/c1-11-4-3-5-14(8-11)17(2)15-7-6-13(16)9-12(15)10-18/h6-7,9-11,14H,3-5,8H2,1-2H3. The molecule has 0 aliphatic heterocycles. The summed E-state index contributed by atoms with van der Waals surface area (Å²) in [5.41, 5.74) is 1.82. The number of halogens is 1. The molecular formula is C15H20BrNO. The number of carbonyl (C=O) groups excluding carboxylic acids is 1. The summed E-state index contributed by atoms with van der Waals surface area (Å²) in [6.45, 7) is 2.32.